The maximum absolute atomic E-state index is 11.9. The minimum atomic E-state index is -1.54. The molecule has 0 aliphatic rings. The summed E-state index contributed by atoms with van der Waals surface area (Å²) in [5, 5.41) is 0. The third-order valence-electron chi connectivity index (χ3n) is 2.27. The van der Waals surface area contributed by atoms with Gasteiger partial charge in [-0.25, -0.2) is 0 Å². The molecule has 1 aromatic rings. The van der Waals surface area contributed by atoms with Crippen LogP contribution in [0.2, 0.25) is 0 Å². The molecule has 0 radical (unpaired) electrons. The van der Waals surface area contributed by atoms with E-state index in [0.29, 0.717) is 17.2 Å². The number of amides is 1. The first-order valence-corrected chi connectivity index (χ1v) is 7.86. The summed E-state index contributed by atoms with van der Waals surface area (Å²) >= 11 is 0.586. The Balaban J connectivity index is 2.59. The van der Waals surface area contributed by atoms with E-state index in [9.17, 15) is 9.35 Å². The van der Waals surface area contributed by atoms with Crippen LogP contribution in [0.4, 0.5) is 0 Å². The molecule has 1 aromatic carbocycles. The predicted octanol–water partition coefficient (Wildman–Crippen LogP) is 1.80. The second kappa shape index (κ2) is 7.32. The number of nitrogens with two attached hydrogens (primary N) is 1. The van der Waals surface area contributed by atoms with Gasteiger partial charge in [0.1, 0.15) is 11.4 Å². The highest BCUT2D eigenvalue weighted by Crippen LogP contribution is 2.13. The molecule has 0 aromatic heterocycles. The zero-order valence-electron chi connectivity index (χ0n) is 10.4. The second-order valence-electron chi connectivity index (χ2n) is 4.43. The van der Waals surface area contributed by atoms with Crippen LogP contribution >= 0.6 is 22.6 Å². The monoisotopic (exact) mass is 380 g/mol. The summed E-state index contributed by atoms with van der Waals surface area (Å²) in [4.78, 5) is 12.3. The van der Waals surface area contributed by atoms with Gasteiger partial charge < -0.3 is 10.3 Å². The van der Waals surface area contributed by atoms with Crippen LogP contribution in [0.15, 0.2) is 29.2 Å². The van der Waals surface area contributed by atoms with E-state index in [2.05, 4.69) is 27.3 Å². The van der Waals surface area contributed by atoms with E-state index in [1.54, 1.807) is 18.2 Å². The van der Waals surface area contributed by atoms with Crippen molar-refractivity contribution in [1.29, 1.82) is 0 Å². The normalized spacial score (nSPS) is 14.3. The van der Waals surface area contributed by atoms with Gasteiger partial charge in [0.15, 0.2) is 4.90 Å². The molecule has 0 saturated heterocycles. The number of hydrogen-bond donors (Lipinski definition) is 2. The molecule has 18 heavy (non-hydrogen) atoms. The van der Waals surface area contributed by atoms with Crippen LogP contribution in [-0.2, 0) is 16.2 Å². The summed E-state index contributed by atoms with van der Waals surface area (Å²) in [5.41, 5.74) is 5.73. The molecule has 100 valence electrons. The first-order chi connectivity index (χ1) is 8.40. The third kappa shape index (κ3) is 5.13. The molecule has 0 bridgehead atoms. The lowest BCUT2D eigenvalue weighted by atomic mass is 10.0. The summed E-state index contributed by atoms with van der Waals surface area (Å²) in [5.74, 6) is -0.0437. The highest BCUT2D eigenvalue weighted by molar-refractivity contribution is 14.1. The molecular weight excluding hydrogens is 363 g/mol. The second-order valence-corrected chi connectivity index (χ2v) is 6.89. The van der Waals surface area contributed by atoms with Gasteiger partial charge in [-0.3, -0.25) is 4.79 Å². The Bertz CT molecular complexity index is 415. The number of hydrogen-bond acceptors (Lipinski definition) is 3. The van der Waals surface area contributed by atoms with Gasteiger partial charge in [0.25, 0.3) is 5.91 Å². The molecule has 0 aliphatic heterocycles. The fourth-order valence-electron chi connectivity index (χ4n) is 1.42. The molecule has 0 aliphatic carbocycles. The Morgan fingerprint density at radius 2 is 2.22 bits per heavy atom. The minimum Gasteiger partial charge on any atom is -0.588 e. The van der Waals surface area contributed by atoms with E-state index < -0.39 is 17.4 Å². The summed E-state index contributed by atoms with van der Waals surface area (Å²) in [6.45, 7) is 3.98. The van der Waals surface area contributed by atoms with Crippen LogP contribution in [0.25, 0.3) is 0 Å². The standard InChI is InChI=1S/C12H17IN2O2S/c1-8(2)6-11(14)12(16)15-18(17)10-5-3-4-9(13)7-10/h3-5,7-8,11H,6,14H2,1-2H3,(H,15,16). The third-order valence-corrected chi connectivity index (χ3v) is 4.01. The quantitative estimate of drug-likeness (QED) is 0.604. The van der Waals surface area contributed by atoms with Gasteiger partial charge in [-0.05, 0) is 47.1 Å². The van der Waals surface area contributed by atoms with Crippen molar-refractivity contribution in [1.82, 2.24) is 4.72 Å². The molecule has 1 amide bonds. The van der Waals surface area contributed by atoms with Crippen molar-refractivity contribution in [3.8, 4) is 0 Å². The largest absolute Gasteiger partial charge is 0.588 e. The van der Waals surface area contributed by atoms with Crippen LogP contribution in [0, 0.1) is 9.49 Å². The van der Waals surface area contributed by atoms with Crippen molar-refractivity contribution in [2.45, 2.75) is 31.2 Å². The topological polar surface area (TPSA) is 78.2 Å². The van der Waals surface area contributed by atoms with Crippen molar-refractivity contribution >= 4 is 39.9 Å². The van der Waals surface area contributed by atoms with Gasteiger partial charge in [0.05, 0.1) is 6.04 Å². The maximum Gasteiger partial charge on any atom is 0.278 e. The van der Waals surface area contributed by atoms with Gasteiger partial charge in [-0.1, -0.05) is 19.9 Å². The zero-order chi connectivity index (χ0) is 13.7. The average Bonchev–Trinajstić information content (AvgIpc) is 2.27. The molecule has 0 fully saturated rings. The smallest absolute Gasteiger partial charge is 0.278 e. The van der Waals surface area contributed by atoms with Gasteiger partial charge in [0, 0.05) is 9.64 Å². The van der Waals surface area contributed by atoms with E-state index in [1.807, 2.05) is 19.9 Å². The van der Waals surface area contributed by atoms with Crippen LogP contribution in [-0.4, -0.2) is 16.5 Å². The van der Waals surface area contributed by atoms with Crippen molar-refractivity contribution < 1.29 is 9.35 Å². The van der Waals surface area contributed by atoms with Crippen LogP contribution in [0.1, 0.15) is 20.3 Å². The summed E-state index contributed by atoms with van der Waals surface area (Å²) in [7, 11) is 0. The van der Waals surface area contributed by atoms with Crippen molar-refractivity contribution in [3.63, 3.8) is 0 Å². The van der Waals surface area contributed by atoms with Gasteiger partial charge >= 0.3 is 0 Å². The van der Waals surface area contributed by atoms with Gasteiger partial charge in [-0.15, -0.1) is 0 Å². The molecule has 6 heteroatoms. The first kappa shape index (κ1) is 15.7. The minimum absolute atomic E-state index is 0.330. The number of halogens is 1. The predicted molar refractivity (Wildman–Crippen MR) is 81.1 cm³/mol. The van der Waals surface area contributed by atoms with E-state index in [1.165, 1.54) is 0 Å². The molecular formula is C12H17IN2O2S. The van der Waals surface area contributed by atoms with E-state index in [0.717, 1.165) is 3.57 Å². The number of rotatable bonds is 5. The highest BCUT2D eigenvalue weighted by Gasteiger charge is 2.21. The fraction of sp³-hybridized carbons (Fsp3) is 0.417. The molecule has 0 heterocycles. The number of carbonyl (C=O) groups excluding carboxylic acids is 1. The molecule has 3 N–H and O–H groups in total. The summed E-state index contributed by atoms with van der Waals surface area (Å²) in [6.07, 6.45) is 0.579. The lowest BCUT2D eigenvalue weighted by Gasteiger charge is -2.15. The number of carbonyl (C=O) groups is 1. The maximum atomic E-state index is 11.9. The molecule has 0 saturated carbocycles. The van der Waals surface area contributed by atoms with E-state index >= 15 is 0 Å². The number of benzene rings is 1. The van der Waals surface area contributed by atoms with Crippen LogP contribution in [0.5, 0.6) is 0 Å². The Kier molecular flexibility index (Phi) is 6.40. The fourth-order valence-corrected chi connectivity index (χ4v) is 3.07. The molecule has 2 unspecified atom stereocenters. The number of nitrogens with one attached hydrogen (secondary N) is 1. The molecule has 0 spiro atoms. The Labute approximate surface area is 124 Å². The van der Waals surface area contributed by atoms with Crippen molar-refractivity contribution in [2.24, 2.45) is 11.7 Å². The van der Waals surface area contributed by atoms with Gasteiger partial charge in [0.2, 0.25) is 0 Å². The lowest BCUT2D eigenvalue weighted by Crippen LogP contribution is -2.43. The SMILES string of the molecule is CC(C)CC(N)C(=O)N[S+]([O-])c1cccc(I)c1. The molecule has 2 atom stereocenters. The lowest BCUT2D eigenvalue weighted by molar-refractivity contribution is -0.120. The molecule has 1 rings (SSSR count). The Morgan fingerprint density at radius 3 is 2.78 bits per heavy atom. The highest BCUT2D eigenvalue weighted by atomic mass is 127. The summed E-state index contributed by atoms with van der Waals surface area (Å²) in [6, 6.07) is 6.57. The Hall–Kier alpha value is -0.310. The van der Waals surface area contributed by atoms with Crippen molar-refractivity contribution in [3.05, 3.63) is 27.8 Å². The van der Waals surface area contributed by atoms with Gasteiger partial charge in [-0.2, -0.15) is 4.72 Å². The summed E-state index contributed by atoms with van der Waals surface area (Å²) < 4.78 is 15.3. The van der Waals surface area contributed by atoms with Crippen LogP contribution in [0.3, 0.4) is 0 Å². The van der Waals surface area contributed by atoms with Crippen LogP contribution < -0.4 is 10.5 Å². The van der Waals surface area contributed by atoms with Crippen molar-refractivity contribution in [2.75, 3.05) is 0 Å². The van der Waals surface area contributed by atoms with E-state index in [-0.39, 0.29) is 5.91 Å². The first-order valence-electron chi connectivity index (χ1n) is 5.63. The van der Waals surface area contributed by atoms with E-state index in [4.69, 9.17) is 5.73 Å². The average molecular weight is 380 g/mol. The molecule has 4 nitrogen and oxygen atoms in total. The Morgan fingerprint density at radius 1 is 1.56 bits per heavy atom. The zero-order valence-corrected chi connectivity index (χ0v) is 13.3.